The van der Waals surface area contributed by atoms with Crippen molar-refractivity contribution in [3.8, 4) is 0 Å². The van der Waals surface area contributed by atoms with Crippen LogP contribution < -0.4 is 5.32 Å². The number of hydrogen-bond acceptors (Lipinski definition) is 2. The fourth-order valence-corrected chi connectivity index (χ4v) is 1.43. The van der Waals surface area contributed by atoms with E-state index < -0.39 is 0 Å². The molecule has 14 heavy (non-hydrogen) atoms. The van der Waals surface area contributed by atoms with E-state index in [0.717, 1.165) is 12.8 Å². The van der Waals surface area contributed by atoms with E-state index >= 15 is 0 Å². The van der Waals surface area contributed by atoms with Crippen molar-refractivity contribution < 1.29 is 4.79 Å². The van der Waals surface area contributed by atoms with E-state index in [2.05, 4.69) is 26.1 Å². The predicted octanol–water partition coefficient (Wildman–Crippen LogP) is 1.63. The number of likely N-dealkylation sites (N-methyl/N-ethyl adjacent to an activating group) is 1. The van der Waals surface area contributed by atoms with Crippen LogP contribution in [0.3, 0.4) is 0 Å². The van der Waals surface area contributed by atoms with Crippen molar-refractivity contribution in [1.29, 1.82) is 0 Å². The van der Waals surface area contributed by atoms with Crippen LogP contribution in [0.25, 0.3) is 0 Å². The Balaban J connectivity index is 4.29. The van der Waals surface area contributed by atoms with Crippen molar-refractivity contribution in [1.82, 2.24) is 10.2 Å². The summed E-state index contributed by atoms with van der Waals surface area (Å²) in [5.74, 6) is 0.137. The van der Waals surface area contributed by atoms with E-state index in [9.17, 15) is 4.79 Å². The first kappa shape index (κ1) is 13.4. The van der Waals surface area contributed by atoms with Crippen LogP contribution >= 0.6 is 0 Å². The molecule has 0 heterocycles. The molecular weight excluding hydrogens is 176 g/mol. The number of nitrogens with one attached hydrogen (secondary N) is 1. The van der Waals surface area contributed by atoms with Crippen LogP contribution in [0, 0.1) is 0 Å². The fraction of sp³-hybridized carbons (Fsp3) is 0.909. The highest BCUT2D eigenvalue weighted by Gasteiger charge is 2.25. The third-order valence-corrected chi connectivity index (χ3v) is 2.94. The number of amides is 1. The molecule has 3 heteroatoms. The molecule has 0 aromatic rings. The molecule has 1 amide bonds. The summed E-state index contributed by atoms with van der Waals surface area (Å²) >= 11 is 0. The van der Waals surface area contributed by atoms with Gasteiger partial charge in [0.1, 0.15) is 0 Å². The third-order valence-electron chi connectivity index (χ3n) is 2.94. The zero-order valence-electron chi connectivity index (χ0n) is 10.3. The van der Waals surface area contributed by atoms with E-state index in [0.29, 0.717) is 0 Å². The molecule has 3 nitrogen and oxygen atoms in total. The van der Waals surface area contributed by atoms with Crippen LogP contribution in [0.1, 0.15) is 40.5 Å². The number of nitrogens with zero attached hydrogens (tertiary/aromatic N) is 1. The molecule has 1 N–H and O–H groups in total. The van der Waals surface area contributed by atoms with Crippen LogP contribution in [-0.2, 0) is 4.79 Å². The summed E-state index contributed by atoms with van der Waals surface area (Å²) in [4.78, 5) is 13.2. The number of carbonyl (C=O) groups is 1. The van der Waals surface area contributed by atoms with Crippen LogP contribution in [-0.4, -0.2) is 36.5 Å². The van der Waals surface area contributed by atoms with Gasteiger partial charge < -0.3 is 10.2 Å². The Bertz CT molecular complexity index is 186. The third kappa shape index (κ3) is 3.66. The van der Waals surface area contributed by atoms with Crippen LogP contribution in [0.2, 0.25) is 0 Å². The number of rotatable bonds is 5. The van der Waals surface area contributed by atoms with Crippen molar-refractivity contribution in [3.05, 3.63) is 0 Å². The molecule has 0 spiro atoms. The van der Waals surface area contributed by atoms with Gasteiger partial charge in [0.2, 0.25) is 5.91 Å². The molecule has 0 fully saturated rings. The number of carbonyl (C=O) groups excluding carboxylic acids is 1. The topological polar surface area (TPSA) is 32.3 Å². The zero-order chi connectivity index (χ0) is 11.4. The van der Waals surface area contributed by atoms with Gasteiger partial charge in [-0.25, -0.2) is 0 Å². The van der Waals surface area contributed by atoms with Crippen LogP contribution in [0.5, 0.6) is 0 Å². The molecule has 1 atom stereocenters. The number of hydrogen-bond donors (Lipinski definition) is 1. The quantitative estimate of drug-likeness (QED) is 0.731. The SMILES string of the molecule is CCC(C)(CC)NC(C)C(=O)N(C)C. The minimum absolute atomic E-state index is 0.0745. The summed E-state index contributed by atoms with van der Waals surface area (Å²) in [7, 11) is 3.57. The van der Waals surface area contributed by atoms with Gasteiger partial charge in [-0.15, -0.1) is 0 Å². The van der Waals surface area contributed by atoms with Crippen molar-refractivity contribution in [2.24, 2.45) is 0 Å². The molecule has 0 saturated heterocycles. The molecule has 0 aliphatic carbocycles. The first-order chi connectivity index (χ1) is 6.36. The zero-order valence-corrected chi connectivity index (χ0v) is 10.3. The molecule has 0 aromatic heterocycles. The summed E-state index contributed by atoms with van der Waals surface area (Å²) in [5.41, 5.74) is 0.0745. The molecule has 0 aliphatic rings. The molecule has 0 bridgehead atoms. The fourth-order valence-electron chi connectivity index (χ4n) is 1.43. The minimum atomic E-state index is -0.102. The Morgan fingerprint density at radius 1 is 1.36 bits per heavy atom. The standard InChI is InChI=1S/C11H24N2O/c1-7-11(4,8-2)12-9(3)10(14)13(5)6/h9,12H,7-8H2,1-6H3. The molecule has 1 unspecified atom stereocenters. The van der Waals surface area contributed by atoms with E-state index in [1.54, 1.807) is 19.0 Å². The lowest BCUT2D eigenvalue weighted by Crippen LogP contribution is -2.52. The summed E-state index contributed by atoms with van der Waals surface area (Å²) in [6, 6.07) is -0.102. The van der Waals surface area contributed by atoms with Crippen molar-refractivity contribution in [2.45, 2.75) is 52.1 Å². The van der Waals surface area contributed by atoms with Gasteiger partial charge in [-0.3, -0.25) is 4.79 Å². The first-order valence-electron chi connectivity index (χ1n) is 5.35. The maximum Gasteiger partial charge on any atom is 0.238 e. The van der Waals surface area contributed by atoms with E-state index in [4.69, 9.17) is 0 Å². The molecular formula is C11H24N2O. The lowest BCUT2D eigenvalue weighted by molar-refractivity contribution is -0.131. The van der Waals surface area contributed by atoms with Crippen molar-refractivity contribution >= 4 is 5.91 Å². The maximum atomic E-state index is 11.6. The summed E-state index contributed by atoms with van der Waals surface area (Å²) in [5, 5.41) is 3.38. The highest BCUT2D eigenvalue weighted by atomic mass is 16.2. The van der Waals surface area contributed by atoms with Crippen LogP contribution in [0.4, 0.5) is 0 Å². The highest BCUT2D eigenvalue weighted by Crippen LogP contribution is 2.14. The largest absolute Gasteiger partial charge is 0.347 e. The van der Waals surface area contributed by atoms with Gasteiger partial charge >= 0.3 is 0 Å². The first-order valence-corrected chi connectivity index (χ1v) is 5.35. The second-order valence-electron chi connectivity index (χ2n) is 4.37. The highest BCUT2D eigenvalue weighted by molar-refractivity contribution is 5.81. The van der Waals surface area contributed by atoms with E-state index in [1.165, 1.54) is 0 Å². The summed E-state index contributed by atoms with van der Waals surface area (Å²) in [6.45, 7) is 8.37. The predicted molar refractivity (Wildman–Crippen MR) is 60.3 cm³/mol. The van der Waals surface area contributed by atoms with Crippen molar-refractivity contribution in [3.63, 3.8) is 0 Å². The molecule has 0 radical (unpaired) electrons. The van der Waals surface area contributed by atoms with Crippen LogP contribution in [0.15, 0.2) is 0 Å². The van der Waals surface area contributed by atoms with E-state index in [-0.39, 0.29) is 17.5 Å². The Hall–Kier alpha value is -0.570. The lowest BCUT2D eigenvalue weighted by Gasteiger charge is -2.32. The monoisotopic (exact) mass is 200 g/mol. The summed E-state index contributed by atoms with van der Waals surface area (Å²) < 4.78 is 0. The van der Waals surface area contributed by atoms with Gasteiger partial charge in [0.15, 0.2) is 0 Å². The molecule has 0 aromatic carbocycles. The maximum absolute atomic E-state index is 11.6. The Kier molecular flexibility index (Phi) is 5.13. The van der Waals surface area contributed by atoms with Gasteiger partial charge in [0, 0.05) is 19.6 Å². The van der Waals surface area contributed by atoms with Gasteiger partial charge in [-0.2, -0.15) is 0 Å². The second kappa shape index (κ2) is 5.35. The molecule has 0 rings (SSSR count). The Morgan fingerprint density at radius 2 is 1.79 bits per heavy atom. The van der Waals surface area contributed by atoms with Gasteiger partial charge in [0.25, 0.3) is 0 Å². The lowest BCUT2D eigenvalue weighted by atomic mass is 9.94. The Labute approximate surface area is 87.9 Å². The van der Waals surface area contributed by atoms with E-state index in [1.807, 2.05) is 6.92 Å². The smallest absolute Gasteiger partial charge is 0.238 e. The average molecular weight is 200 g/mol. The molecule has 0 saturated carbocycles. The molecule has 0 aliphatic heterocycles. The summed E-state index contributed by atoms with van der Waals surface area (Å²) in [6.07, 6.45) is 2.07. The van der Waals surface area contributed by atoms with Crippen molar-refractivity contribution in [2.75, 3.05) is 14.1 Å². The Morgan fingerprint density at radius 3 is 2.07 bits per heavy atom. The van der Waals surface area contributed by atoms with Gasteiger partial charge in [0.05, 0.1) is 6.04 Å². The normalized spacial score (nSPS) is 13.9. The van der Waals surface area contributed by atoms with Gasteiger partial charge in [-0.05, 0) is 26.7 Å². The molecule has 84 valence electrons. The minimum Gasteiger partial charge on any atom is -0.347 e. The second-order valence-corrected chi connectivity index (χ2v) is 4.37. The average Bonchev–Trinajstić information content (AvgIpc) is 2.16. The van der Waals surface area contributed by atoms with Gasteiger partial charge in [-0.1, -0.05) is 13.8 Å².